The van der Waals surface area contributed by atoms with E-state index in [4.69, 9.17) is 11.5 Å². The van der Waals surface area contributed by atoms with E-state index in [2.05, 4.69) is 30.5 Å². The monoisotopic (exact) mass is 478 g/mol. The van der Waals surface area contributed by atoms with Crippen LogP contribution in [0.15, 0.2) is 35.3 Å². The molecule has 0 aliphatic heterocycles. The Kier molecular flexibility index (Phi) is 5.48. The van der Waals surface area contributed by atoms with Gasteiger partial charge in [-0.3, -0.25) is 9.89 Å². The summed E-state index contributed by atoms with van der Waals surface area (Å²) >= 11 is 0. The molecule has 5 rings (SSSR count). The first-order valence-corrected chi connectivity index (χ1v) is 10.8. The summed E-state index contributed by atoms with van der Waals surface area (Å²) in [5, 5.41) is 19.3. The first-order valence-electron chi connectivity index (χ1n) is 10.8. The third-order valence-corrected chi connectivity index (χ3v) is 6.18. The number of nitrogens with two attached hydrogens (primary N) is 2. The summed E-state index contributed by atoms with van der Waals surface area (Å²) in [6, 6.07) is 7.05. The molecule has 3 aromatic heterocycles. The number of hydrogen-bond donors (Lipinski definition) is 4. The number of fused-ring (bicyclic) bond motifs is 1. The van der Waals surface area contributed by atoms with Crippen molar-refractivity contribution in [2.45, 2.75) is 31.7 Å². The third-order valence-electron chi connectivity index (χ3n) is 6.18. The van der Waals surface area contributed by atoms with Gasteiger partial charge in [0.05, 0.1) is 23.1 Å². The summed E-state index contributed by atoms with van der Waals surface area (Å²) in [7, 11) is 0. The molecule has 1 aliphatic rings. The van der Waals surface area contributed by atoms with Crippen LogP contribution in [0.3, 0.4) is 0 Å². The van der Waals surface area contributed by atoms with Gasteiger partial charge >= 0.3 is 0 Å². The van der Waals surface area contributed by atoms with Gasteiger partial charge < -0.3 is 16.8 Å². The van der Waals surface area contributed by atoms with E-state index in [-0.39, 0.29) is 51.6 Å². The highest BCUT2D eigenvalue weighted by molar-refractivity contribution is 5.82. The lowest BCUT2D eigenvalue weighted by molar-refractivity contribution is 0.153. The fraction of sp³-hybridized carbons (Fsp3) is 0.273. The van der Waals surface area contributed by atoms with E-state index in [1.807, 2.05) is 6.07 Å². The minimum Gasteiger partial charge on any atom is -0.382 e. The van der Waals surface area contributed by atoms with Crippen molar-refractivity contribution in [1.29, 1.82) is 5.26 Å². The maximum absolute atomic E-state index is 13.8. The van der Waals surface area contributed by atoms with Crippen molar-refractivity contribution >= 4 is 28.5 Å². The molecular weight excluding hydrogens is 458 g/mol. The predicted molar refractivity (Wildman–Crippen MR) is 124 cm³/mol. The van der Waals surface area contributed by atoms with Gasteiger partial charge in [-0.05, 0) is 24.8 Å². The molecule has 1 atom stereocenters. The van der Waals surface area contributed by atoms with E-state index in [1.54, 1.807) is 6.07 Å². The number of alkyl halides is 2. The van der Waals surface area contributed by atoms with Crippen LogP contribution in [0.4, 0.5) is 26.4 Å². The zero-order valence-corrected chi connectivity index (χ0v) is 18.2. The molecule has 3 heterocycles. The van der Waals surface area contributed by atoms with Crippen molar-refractivity contribution in [2.24, 2.45) is 5.92 Å². The number of benzene rings is 1. The van der Waals surface area contributed by atoms with Gasteiger partial charge in [0.2, 0.25) is 5.95 Å². The molecule has 0 spiro atoms. The van der Waals surface area contributed by atoms with Crippen LogP contribution in [-0.4, -0.2) is 29.7 Å². The number of rotatable bonds is 6. The molecule has 13 heteroatoms. The molecule has 1 aromatic carbocycles. The number of anilines is 3. The van der Waals surface area contributed by atoms with Crippen LogP contribution >= 0.6 is 0 Å². The molecular formula is C22H20F2N10O. The molecule has 6 N–H and O–H groups in total. The minimum absolute atomic E-state index is 0.000244. The van der Waals surface area contributed by atoms with Crippen molar-refractivity contribution < 1.29 is 8.78 Å². The average Bonchev–Trinajstić information content (AvgIpc) is 3.31. The molecule has 0 bridgehead atoms. The normalized spacial score (nSPS) is 14.6. The second-order valence-corrected chi connectivity index (χ2v) is 8.21. The Morgan fingerprint density at radius 2 is 2.00 bits per heavy atom. The summed E-state index contributed by atoms with van der Waals surface area (Å²) in [6.45, 7) is 0. The number of nitriles is 1. The number of nitrogen functional groups attached to an aromatic ring is 2. The highest BCUT2D eigenvalue weighted by atomic mass is 19.3. The summed E-state index contributed by atoms with van der Waals surface area (Å²) < 4.78 is 28.8. The largest absolute Gasteiger partial charge is 0.382 e. The van der Waals surface area contributed by atoms with Gasteiger partial charge in [-0.15, -0.1) is 0 Å². The number of hydrogen-bond acceptors (Lipinski definition) is 9. The standard InChI is InChI=1S/C22H20F2N10O/c23-17(24)11-5-2-6-13-15(11)21(35)34(14-7-8-28-33-14)20(29-13)16(10-3-1-4-10)30-19-12(9-25)18(26)31-22(27)32-19/h2,5-8,10,16-17H,1,3-4H2,(H,28,33)(H5,26,27,30,31,32)/t16-/m0/s1. The summed E-state index contributed by atoms with van der Waals surface area (Å²) in [5.74, 6) is 0.403. The molecule has 1 aliphatic carbocycles. The maximum atomic E-state index is 13.8. The Balaban J connectivity index is 1.77. The summed E-state index contributed by atoms with van der Waals surface area (Å²) in [4.78, 5) is 26.3. The Labute approximate surface area is 196 Å². The highest BCUT2D eigenvalue weighted by Crippen LogP contribution is 2.40. The van der Waals surface area contributed by atoms with Crippen molar-refractivity contribution in [3.63, 3.8) is 0 Å². The molecule has 1 saturated carbocycles. The Morgan fingerprint density at radius 3 is 2.63 bits per heavy atom. The molecule has 4 aromatic rings. The van der Waals surface area contributed by atoms with Crippen LogP contribution < -0.4 is 22.3 Å². The second kappa shape index (κ2) is 8.64. The molecule has 0 radical (unpaired) electrons. The van der Waals surface area contributed by atoms with Gasteiger partial charge in [0, 0.05) is 11.6 Å². The molecule has 0 amide bonds. The molecule has 35 heavy (non-hydrogen) atoms. The van der Waals surface area contributed by atoms with Gasteiger partial charge in [-0.25, -0.2) is 18.3 Å². The zero-order chi connectivity index (χ0) is 24.7. The van der Waals surface area contributed by atoms with E-state index in [1.165, 1.54) is 29.0 Å². The molecule has 1 fully saturated rings. The minimum atomic E-state index is -2.86. The fourth-order valence-electron chi connectivity index (χ4n) is 4.29. The summed E-state index contributed by atoms with van der Waals surface area (Å²) in [6.07, 6.45) is 1.16. The first-order chi connectivity index (χ1) is 16.9. The molecule has 178 valence electrons. The van der Waals surface area contributed by atoms with Crippen molar-refractivity contribution in [2.75, 3.05) is 16.8 Å². The lowest BCUT2D eigenvalue weighted by Crippen LogP contribution is -2.35. The highest BCUT2D eigenvalue weighted by Gasteiger charge is 2.34. The quantitative estimate of drug-likeness (QED) is 0.324. The van der Waals surface area contributed by atoms with Gasteiger partial charge in [0.1, 0.15) is 29.1 Å². The van der Waals surface area contributed by atoms with E-state index in [0.29, 0.717) is 0 Å². The van der Waals surface area contributed by atoms with Crippen LogP contribution in [0, 0.1) is 17.2 Å². The van der Waals surface area contributed by atoms with E-state index >= 15 is 0 Å². The van der Waals surface area contributed by atoms with Crippen LogP contribution in [0.25, 0.3) is 16.7 Å². The van der Waals surface area contributed by atoms with E-state index in [9.17, 15) is 18.8 Å². The average molecular weight is 478 g/mol. The van der Waals surface area contributed by atoms with Crippen molar-refractivity contribution in [3.05, 3.63) is 57.8 Å². The van der Waals surface area contributed by atoms with Crippen LogP contribution in [0.5, 0.6) is 0 Å². The number of nitrogens with zero attached hydrogens (tertiary/aromatic N) is 6. The number of aromatic nitrogens is 6. The van der Waals surface area contributed by atoms with Crippen molar-refractivity contribution in [3.8, 4) is 11.9 Å². The Hall–Kier alpha value is -4.60. The van der Waals surface area contributed by atoms with E-state index in [0.717, 1.165) is 19.3 Å². The van der Waals surface area contributed by atoms with Gasteiger partial charge in [-0.1, -0.05) is 18.6 Å². The second-order valence-electron chi connectivity index (χ2n) is 8.21. The number of nitrogens with one attached hydrogen (secondary N) is 2. The summed E-state index contributed by atoms with van der Waals surface area (Å²) in [5.41, 5.74) is 10.7. The molecule has 0 unspecified atom stereocenters. The number of aromatic amines is 1. The maximum Gasteiger partial charge on any atom is 0.267 e. The Morgan fingerprint density at radius 1 is 1.20 bits per heavy atom. The predicted octanol–water partition coefficient (Wildman–Crippen LogP) is 2.83. The fourth-order valence-corrected chi connectivity index (χ4v) is 4.29. The lowest BCUT2D eigenvalue weighted by atomic mass is 9.79. The van der Waals surface area contributed by atoms with Gasteiger partial charge in [-0.2, -0.15) is 20.3 Å². The van der Waals surface area contributed by atoms with Crippen molar-refractivity contribution in [1.82, 2.24) is 29.7 Å². The smallest absolute Gasteiger partial charge is 0.267 e. The molecule has 11 nitrogen and oxygen atoms in total. The van der Waals surface area contributed by atoms with E-state index < -0.39 is 23.6 Å². The lowest BCUT2D eigenvalue weighted by Gasteiger charge is -2.35. The van der Waals surface area contributed by atoms with Gasteiger partial charge in [0.25, 0.3) is 12.0 Å². The van der Waals surface area contributed by atoms with Crippen LogP contribution in [0.2, 0.25) is 0 Å². The number of H-pyrrole nitrogens is 1. The zero-order valence-electron chi connectivity index (χ0n) is 18.2. The van der Waals surface area contributed by atoms with Crippen LogP contribution in [-0.2, 0) is 0 Å². The Bertz CT molecular complexity index is 1510. The number of halogens is 2. The molecule has 0 saturated heterocycles. The third kappa shape index (κ3) is 3.78. The first kappa shape index (κ1) is 22.2. The SMILES string of the molecule is N#Cc1c(N)nc(N)nc1N[C@H](c1nc2cccc(C(F)F)c2c(=O)n1-c1ccn[nH]1)C1CCC1. The topological polar surface area (TPSA) is 177 Å². The van der Waals surface area contributed by atoms with Gasteiger partial charge in [0.15, 0.2) is 5.82 Å². The van der Waals surface area contributed by atoms with Crippen LogP contribution in [0.1, 0.15) is 48.7 Å².